The fraction of sp³-hybridized carbons (Fsp3) is 0.438. The molecule has 2 N–H and O–H groups in total. The molecule has 0 bridgehead atoms. The van der Waals surface area contributed by atoms with Crippen LogP contribution in [0.2, 0.25) is 0 Å². The maximum atomic E-state index is 14.0. The maximum absolute atomic E-state index is 14.0. The minimum absolute atomic E-state index is 0.280. The first-order chi connectivity index (χ1) is 9.77. The van der Waals surface area contributed by atoms with Crippen LogP contribution in [0.4, 0.5) is 10.2 Å². The van der Waals surface area contributed by atoms with Gasteiger partial charge in [-0.05, 0) is 18.9 Å². The van der Waals surface area contributed by atoms with E-state index >= 15 is 0 Å². The Morgan fingerprint density at radius 3 is 2.50 bits per heavy atom. The van der Waals surface area contributed by atoms with Crippen LogP contribution in [0.1, 0.15) is 50.2 Å². The van der Waals surface area contributed by atoms with Crippen LogP contribution in [0, 0.1) is 5.82 Å². The van der Waals surface area contributed by atoms with Gasteiger partial charge in [-0.25, -0.2) is 4.39 Å². The number of nitrogens with two attached hydrogens (primary N) is 1. The van der Waals surface area contributed by atoms with Crippen molar-refractivity contribution >= 4 is 5.82 Å². The fourth-order valence-corrected chi connectivity index (χ4v) is 3.07. The molecule has 1 heterocycles. The Kier molecular flexibility index (Phi) is 3.72. The number of halogens is 1. The first-order valence-corrected chi connectivity index (χ1v) is 7.27. The number of aromatic nitrogens is 1. The number of anilines is 1. The summed E-state index contributed by atoms with van der Waals surface area (Å²) in [6, 6.07) is 6.66. The highest BCUT2D eigenvalue weighted by Crippen LogP contribution is 2.40. The average Bonchev–Trinajstić information content (AvgIpc) is 2.67. The van der Waals surface area contributed by atoms with Crippen molar-refractivity contribution in [3.8, 4) is 11.1 Å². The topological polar surface area (TPSA) is 52.0 Å². The second kappa shape index (κ2) is 5.65. The van der Waals surface area contributed by atoms with Gasteiger partial charge in [0.25, 0.3) is 0 Å². The molecule has 2 aromatic rings. The van der Waals surface area contributed by atoms with Crippen molar-refractivity contribution in [2.24, 2.45) is 0 Å². The monoisotopic (exact) mass is 274 g/mol. The number of hydrogen-bond acceptors (Lipinski definition) is 3. The summed E-state index contributed by atoms with van der Waals surface area (Å²) in [7, 11) is 0. The van der Waals surface area contributed by atoms with Crippen LogP contribution < -0.4 is 5.73 Å². The van der Waals surface area contributed by atoms with Crippen molar-refractivity contribution in [3.63, 3.8) is 0 Å². The third-order valence-corrected chi connectivity index (χ3v) is 4.11. The van der Waals surface area contributed by atoms with Gasteiger partial charge in [0, 0.05) is 11.5 Å². The van der Waals surface area contributed by atoms with Gasteiger partial charge in [0.1, 0.15) is 11.6 Å². The van der Waals surface area contributed by atoms with Crippen molar-refractivity contribution in [1.29, 1.82) is 0 Å². The van der Waals surface area contributed by atoms with E-state index in [-0.39, 0.29) is 11.6 Å². The van der Waals surface area contributed by atoms with Gasteiger partial charge in [0.2, 0.25) is 0 Å². The number of benzene rings is 1. The van der Waals surface area contributed by atoms with E-state index in [2.05, 4.69) is 5.16 Å². The number of nitrogens with zero attached hydrogens (tertiary/aromatic N) is 1. The number of nitrogen functional groups attached to an aromatic ring is 1. The average molecular weight is 274 g/mol. The summed E-state index contributed by atoms with van der Waals surface area (Å²) in [5.74, 6) is 1.07. The van der Waals surface area contributed by atoms with Crippen LogP contribution in [0.5, 0.6) is 0 Å². The zero-order chi connectivity index (χ0) is 13.9. The van der Waals surface area contributed by atoms with Gasteiger partial charge in [0.05, 0.1) is 5.56 Å². The molecule has 1 saturated carbocycles. The molecule has 106 valence electrons. The minimum atomic E-state index is -0.280. The van der Waals surface area contributed by atoms with E-state index in [1.165, 1.54) is 31.7 Å². The fourth-order valence-electron chi connectivity index (χ4n) is 3.07. The predicted molar refractivity (Wildman–Crippen MR) is 76.8 cm³/mol. The van der Waals surface area contributed by atoms with E-state index < -0.39 is 0 Å². The standard InChI is InChI=1S/C16H19FN2O/c17-13-10-6-5-9-12(13)14-15(20-19-16(14)18)11-7-3-1-2-4-8-11/h5-6,9-11H,1-4,7-8H2,(H2,18,19). The van der Waals surface area contributed by atoms with E-state index in [1.54, 1.807) is 12.1 Å². The largest absolute Gasteiger partial charge is 0.380 e. The summed E-state index contributed by atoms with van der Waals surface area (Å²) in [4.78, 5) is 0. The molecule has 0 spiro atoms. The summed E-state index contributed by atoms with van der Waals surface area (Å²) in [5.41, 5.74) is 7.06. The Balaban J connectivity index is 2.03. The molecule has 3 nitrogen and oxygen atoms in total. The quantitative estimate of drug-likeness (QED) is 0.820. The molecule has 0 aliphatic heterocycles. The van der Waals surface area contributed by atoms with Gasteiger partial charge in [0.15, 0.2) is 5.82 Å². The molecule has 0 radical (unpaired) electrons. The Morgan fingerprint density at radius 1 is 1.10 bits per heavy atom. The second-order valence-electron chi connectivity index (χ2n) is 5.48. The second-order valence-corrected chi connectivity index (χ2v) is 5.48. The van der Waals surface area contributed by atoms with Crippen molar-refractivity contribution < 1.29 is 8.91 Å². The van der Waals surface area contributed by atoms with E-state index in [0.29, 0.717) is 17.0 Å². The molecule has 0 amide bonds. The highest BCUT2D eigenvalue weighted by Gasteiger charge is 2.26. The van der Waals surface area contributed by atoms with Crippen LogP contribution in [0.25, 0.3) is 11.1 Å². The number of hydrogen-bond donors (Lipinski definition) is 1. The molecular formula is C16H19FN2O. The summed E-state index contributed by atoms with van der Waals surface area (Å²) in [6.07, 6.45) is 7.01. The summed E-state index contributed by atoms with van der Waals surface area (Å²) in [6.45, 7) is 0. The molecule has 1 aliphatic rings. The molecular weight excluding hydrogens is 255 g/mol. The maximum Gasteiger partial charge on any atom is 0.175 e. The van der Waals surface area contributed by atoms with Gasteiger partial charge in [-0.1, -0.05) is 49.0 Å². The third kappa shape index (κ3) is 2.42. The minimum Gasteiger partial charge on any atom is -0.380 e. The SMILES string of the molecule is Nc1noc(C2CCCCCC2)c1-c1ccccc1F. The first kappa shape index (κ1) is 13.2. The molecule has 1 aromatic carbocycles. The van der Waals surface area contributed by atoms with Crippen molar-refractivity contribution in [2.75, 3.05) is 5.73 Å². The summed E-state index contributed by atoms with van der Waals surface area (Å²) >= 11 is 0. The van der Waals surface area contributed by atoms with Gasteiger partial charge >= 0.3 is 0 Å². The Bertz CT molecular complexity index is 586. The molecule has 4 heteroatoms. The molecule has 20 heavy (non-hydrogen) atoms. The lowest BCUT2D eigenvalue weighted by molar-refractivity contribution is 0.350. The smallest absolute Gasteiger partial charge is 0.175 e. The Morgan fingerprint density at radius 2 is 1.80 bits per heavy atom. The molecule has 3 rings (SSSR count). The van der Waals surface area contributed by atoms with Crippen molar-refractivity contribution in [3.05, 3.63) is 35.8 Å². The molecule has 1 fully saturated rings. The normalized spacial score (nSPS) is 17.1. The molecule has 0 unspecified atom stereocenters. The van der Waals surface area contributed by atoms with E-state index in [1.807, 2.05) is 6.07 Å². The third-order valence-electron chi connectivity index (χ3n) is 4.11. The van der Waals surface area contributed by atoms with Crippen LogP contribution >= 0.6 is 0 Å². The summed E-state index contributed by atoms with van der Waals surface area (Å²) in [5, 5.41) is 3.88. The molecule has 1 aromatic heterocycles. The Labute approximate surface area is 118 Å². The predicted octanol–water partition coefficient (Wildman–Crippen LogP) is 4.50. The van der Waals surface area contributed by atoms with Gasteiger partial charge in [-0.2, -0.15) is 0 Å². The van der Waals surface area contributed by atoms with Crippen molar-refractivity contribution in [2.45, 2.75) is 44.4 Å². The molecule has 1 aliphatic carbocycles. The Hall–Kier alpha value is -1.84. The van der Waals surface area contributed by atoms with Gasteiger partial charge in [-0.15, -0.1) is 0 Å². The number of rotatable bonds is 2. The van der Waals surface area contributed by atoms with Crippen LogP contribution in [-0.2, 0) is 0 Å². The highest BCUT2D eigenvalue weighted by molar-refractivity contribution is 5.76. The van der Waals surface area contributed by atoms with Crippen LogP contribution in [0.3, 0.4) is 0 Å². The molecule has 0 saturated heterocycles. The van der Waals surface area contributed by atoms with E-state index in [0.717, 1.165) is 18.6 Å². The summed E-state index contributed by atoms with van der Waals surface area (Å²) < 4.78 is 19.5. The zero-order valence-electron chi connectivity index (χ0n) is 11.4. The first-order valence-electron chi connectivity index (χ1n) is 7.27. The highest BCUT2D eigenvalue weighted by atomic mass is 19.1. The lowest BCUT2D eigenvalue weighted by atomic mass is 9.92. The van der Waals surface area contributed by atoms with Crippen LogP contribution in [0.15, 0.2) is 28.8 Å². The van der Waals surface area contributed by atoms with Gasteiger partial charge < -0.3 is 10.3 Å². The lowest BCUT2D eigenvalue weighted by Gasteiger charge is -2.12. The van der Waals surface area contributed by atoms with Crippen LogP contribution in [-0.4, -0.2) is 5.16 Å². The molecule has 0 atom stereocenters. The van der Waals surface area contributed by atoms with Gasteiger partial charge in [-0.3, -0.25) is 0 Å². The van der Waals surface area contributed by atoms with E-state index in [4.69, 9.17) is 10.3 Å². The van der Waals surface area contributed by atoms with E-state index in [9.17, 15) is 4.39 Å². The lowest BCUT2D eigenvalue weighted by Crippen LogP contribution is -1.99. The zero-order valence-corrected chi connectivity index (χ0v) is 11.4. The van der Waals surface area contributed by atoms with Crippen molar-refractivity contribution in [1.82, 2.24) is 5.16 Å².